The van der Waals surface area contributed by atoms with Gasteiger partial charge in [-0.25, -0.2) is 4.79 Å². The number of amides is 2. The van der Waals surface area contributed by atoms with Crippen LogP contribution in [0.3, 0.4) is 0 Å². The van der Waals surface area contributed by atoms with E-state index in [0.29, 0.717) is 5.69 Å². The van der Waals surface area contributed by atoms with Gasteiger partial charge in [-0.2, -0.15) is 0 Å². The first kappa shape index (κ1) is 19.0. The van der Waals surface area contributed by atoms with E-state index in [2.05, 4.69) is 16.6 Å². The summed E-state index contributed by atoms with van der Waals surface area (Å²) >= 11 is 0. The number of terminal acetylenes is 1. The van der Waals surface area contributed by atoms with Crippen molar-refractivity contribution in [2.45, 2.75) is 0 Å². The van der Waals surface area contributed by atoms with Gasteiger partial charge in [0.25, 0.3) is 11.8 Å². The standard InChI is InChI=1S/C18H19N3O5/c1-3-8-19-16(23)12-6-4-5-7-14(12)20-15-13(18(25)26-2)11-21(9-10-22)17(15)24/h1,4-7,20,22H,8-11H2,2H3,(H,19,23). The number of aliphatic hydroxyl groups is 1. The SMILES string of the molecule is C#CCNC(=O)c1ccccc1NC1=C(C(=O)OC)CN(CCO)C1=O. The van der Waals surface area contributed by atoms with Crippen molar-refractivity contribution < 1.29 is 24.2 Å². The normalized spacial score (nSPS) is 13.4. The zero-order chi connectivity index (χ0) is 19.1. The number of anilines is 1. The summed E-state index contributed by atoms with van der Waals surface area (Å²) in [4.78, 5) is 38.1. The molecule has 0 aliphatic carbocycles. The average Bonchev–Trinajstić information content (AvgIpc) is 2.96. The highest BCUT2D eigenvalue weighted by Crippen LogP contribution is 2.24. The molecule has 26 heavy (non-hydrogen) atoms. The number of hydrogen-bond acceptors (Lipinski definition) is 6. The number of β-amino-alcohol motifs (C(OH)–C–C–N with tert-alkyl or cyclic N) is 1. The molecule has 0 radical (unpaired) electrons. The molecule has 1 aromatic carbocycles. The molecule has 8 nitrogen and oxygen atoms in total. The van der Waals surface area contributed by atoms with E-state index >= 15 is 0 Å². The van der Waals surface area contributed by atoms with Crippen LogP contribution in [0.1, 0.15) is 10.4 Å². The Morgan fingerprint density at radius 1 is 1.38 bits per heavy atom. The van der Waals surface area contributed by atoms with E-state index in [4.69, 9.17) is 16.3 Å². The van der Waals surface area contributed by atoms with Crippen molar-refractivity contribution >= 4 is 23.5 Å². The van der Waals surface area contributed by atoms with Crippen molar-refractivity contribution in [3.63, 3.8) is 0 Å². The van der Waals surface area contributed by atoms with Crippen LogP contribution >= 0.6 is 0 Å². The number of benzene rings is 1. The van der Waals surface area contributed by atoms with Crippen LogP contribution < -0.4 is 10.6 Å². The Bertz CT molecular complexity index is 794. The average molecular weight is 357 g/mol. The van der Waals surface area contributed by atoms with Crippen molar-refractivity contribution in [1.29, 1.82) is 0 Å². The molecule has 2 rings (SSSR count). The molecule has 3 N–H and O–H groups in total. The quantitative estimate of drug-likeness (QED) is 0.458. The summed E-state index contributed by atoms with van der Waals surface area (Å²) in [6.07, 6.45) is 5.14. The Kier molecular flexibility index (Phi) is 6.36. The molecule has 136 valence electrons. The summed E-state index contributed by atoms with van der Waals surface area (Å²) in [5.74, 6) is 0.780. The molecular formula is C18H19N3O5. The molecule has 0 spiro atoms. The minimum absolute atomic E-state index is 0.0137. The van der Waals surface area contributed by atoms with Crippen LogP contribution in [-0.2, 0) is 14.3 Å². The van der Waals surface area contributed by atoms with E-state index in [1.807, 2.05) is 0 Å². The number of para-hydroxylation sites is 1. The van der Waals surface area contributed by atoms with E-state index in [0.717, 1.165) is 0 Å². The summed E-state index contributed by atoms with van der Waals surface area (Å²) in [5, 5.41) is 14.5. The molecule has 0 bridgehead atoms. The van der Waals surface area contributed by atoms with Gasteiger partial charge in [0.05, 0.1) is 43.6 Å². The molecule has 1 aromatic rings. The molecule has 0 saturated carbocycles. The van der Waals surface area contributed by atoms with Crippen LogP contribution in [0, 0.1) is 12.3 Å². The van der Waals surface area contributed by atoms with Crippen LogP contribution in [0.15, 0.2) is 35.5 Å². The van der Waals surface area contributed by atoms with Crippen molar-refractivity contribution in [2.24, 2.45) is 0 Å². The Morgan fingerprint density at radius 2 is 2.12 bits per heavy atom. The lowest BCUT2D eigenvalue weighted by Crippen LogP contribution is -2.31. The van der Waals surface area contributed by atoms with Gasteiger partial charge >= 0.3 is 5.97 Å². The number of aliphatic hydroxyl groups excluding tert-OH is 1. The fourth-order valence-corrected chi connectivity index (χ4v) is 2.50. The maximum atomic E-state index is 12.5. The smallest absolute Gasteiger partial charge is 0.337 e. The number of nitrogens with zero attached hydrogens (tertiary/aromatic N) is 1. The third-order valence-corrected chi connectivity index (χ3v) is 3.74. The lowest BCUT2D eigenvalue weighted by atomic mass is 10.1. The van der Waals surface area contributed by atoms with Crippen molar-refractivity contribution in [3.8, 4) is 12.3 Å². The van der Waals surface area contributed by atoms with Gasteiger partial charge in [0.2, 0.25) is 0 Å². The number of nitrogens with one attached hydrogen (secondary N) is 2. The van der Waals surface area contributed by atoms with Crippen LogP contribution in [0.25, 0.3) is 0 Å². The first-order valence-electron chi connectivity index (χ1n) is 7.82. The van der Waals surface area contributed by atoms with Crippen LogP contribution in [0.4, 0.5) is 5.69 Å². The van der Waals surface area contributed by atoms with Crippen LogP contribution in [0.2, 0.25) is 0 Å². The van der Waals surface area contributed by atoms with E-state index in [9.17, 15) is 14.4 Å². The molecule has 8 heteroatoms. The summed E-state index contributed by atoms with van der Waals surface area (Å²) in [6.45, 7) is -0.0836. The van der Waals surface area contributed by atoms with E-state index in [-0.39, 0.29) is 43.1 Å². The van der Waals surface area contributed by atoms with E-state index < -0.39 is 17.8 Å². The van der Waals surface area contributed by atoms with Crippen LogP contribution in [0.5, 0.6) is 0 Å². The van der Waals surface area contributed by atoms with Gasteiger partial charge in [0, 0.05) is 6.54 Å². The number of hydrogen-bond donors (Lipinski definition) is 3. The number of carbonyl (C=O) groups is 3. The zero-order valence-electron chi connectivity index (χ0n) is 14.2. The van der Waals surface area contributed by atoms with Gasteiger partial charge in [-0.1, -0.05) is 18.1 Å². The Balaban J connectivity index is 2.36. The first-order valence-corrected chi connectivity index (χ1v) is 7.82. The minimum Gasteiger partial charge on any atom is -0.466 e. The van der Waals surface area contributed by atoms with Gasteiger partial charge < -0.3 is 25.4 Å². The van der Waals surface area contributed by atoms with Gasteiger partial charge in [-0.05, 0) is 12.1 Å². The third-order valence-electron chi connectivity index (χ3n) is 3.74. The highest BCUT2D eigenvalue weighted by atomic mass is 16.5. The second kappa shape index (κ2) is 8.69. The second-order valence-corrected chi connectivity index (χ2v) is 5.35. The number of carbonyl (C=O) groups excluding carboxylic acids is 3. The fourth-order valence-electron chi connectivity index (χ4n) is 2.50. The maximum absolute atomic E-state index is 12.5. The molecule has 0 unspecified atom stereocenters. The molecule has 0 fully saturated rings. The molecule has 2 amide bonds. The summed E-state index contributed by atoms with van der Waals surface area (Å²) in [7, 11) is 1.22. The van der Waals surface area contributed by atoms with Gasteiger partial charge in [-0.3, -0.25) is 9.59 Å². The van der Waals surface area contributed by atoms with Gasteiger partial charge in [0.15, 0.2) is 0 Å². The lowest BCUT2D eigenvalue weighted by Gasteiger charge is -2.16. The van der Waals surface area contributed by atoms with Gasteiger partial charge in [-0.15, -0.1) is 6.42 Å². The molecule has 1 heterocycles. The number of rotatable bonds is 7. The zero-order valence-corrected chi connectivity index (χ0v) is 14.2. The predicted octanol–water partition coefficient (Wildman–Crippen LogP) is -0.277. The van der Waals surface area contributed by atoms with Gasteiger partial charge in [0.1, 0.15) is 5.70 Å². The Labute approximate surface area is 150 Å². The number of esters is 1. The highest BCUT2D eigenvalue weighted by Gasteiger charge is 2.34. The molecule has 1 aliphatic rings. The minimum atomic E-state index is -0.657. The monoisotopic (exact) mass is 357 g/mol. The predicted molar refractivity (Wildman–Crippen MR) is 93.9 cm³/mol. The van der Waals surface area contributed by atoms with E-state index in [1.165, 1.54) is 12.0 Å². The van der Waals surface area contributed by atoms with Crippen molar-refractivity contribution in [1.82, 2.24) is 10.2 Å². The molecular weight excluding hydrogens is 338 g/mol. The molecule has 0 atom stereocenters. The fraction of sp³-hybridized carbons (Fsp3) is 0.278. The maximum Gasteiger partial charge on any atom is 0.337 e. The lowest BCUT2D eigenvalue weighted by molar-refractivity contribution is -0.136. The topological polar surface area (TPSA) is 108 Å². The number of ether oxygens (including phenoxy) is 1. The summed E-state index contributed by atoms with van der Waals surface area (Å²) in [5.41, 5.74) is 0.762. The number of methoxy groups -OCH3 is 1. The highest BCUT2D eigenvalue weighted by molar-refractivity contribution is 6.09. The third kappa shape index (κ3) is 4.02. The van der Waals surface area contributed by atoms with E-state index in [1.54, 1.807) is 24.3 Å². The second-order valence-electron chi connectivity index (χ2n) is 5.35. The molecule has 0 aromatic heterocycles. The van der Waals surface area contributed by atoms with Crippen molar-refractivity contribution in [3.05, 3.63) is 41.1 Å². The largest absolute Gasteiger partial charge is 0.466 e. The van der Waals surface area contributed by atoms with Crippen LogP contribution in [-0.4, -0.2) is 61.1 Å². The molecule has 0 saturated heterocycles. The Hall–Kier alpha value is -3.31. The summed E-state index contributed by atoms with van der Waals surface area (Å²) < 4.78 is 4.73. The molecule has 1 aliphatic heterocycles. The Morgan fingerprint density at radius 3 is 2.77 bits per heavy atom. The van der Waals surface area contributed by atoms with Crippen molar-refractivity contribution in [2.75, 3.05) is 38.7 Å². The summed E-state index contributed by atoms with van der Waals surface area (Å²) in [6, 6.07) is 6.52. The first-order chi connectivity index (χ1) is 12.5.